The molecule has 1 heterocycles. The molecule has 1 aliphatic rings. The van der Waals surface area contributed by atoms with Gasteiger partial charge in [-0.3, -0.25) is 9.59 Å². The summed E-state index contributed by atoms with van der Waals surface area (Å²) in [5.74, 6) is -1.41. The van der Waals surface area contributed by atoms with Crippen molar-refractivity contribution in [3.63, 3.8) is 0 Å². The van der Waals surface area contributed by atoms with E-state index in [0.29, 0.717) is 0 Å². The summed E-state index contributed by atoms with van der Waals surface area (Å²) in [7, 11) is 0. The Morgan fingerprint density at radius 2 is 1.96 bits per heavy atom. The van der Waals surface area contributed by atoms with E-state index in [0.717, 1.165) is 35.9 Å². The van der Waals surface area contributed by atoms with E-state index >= 15 is 0 Å². The van der Waals surface area contributed by atoms with Crippen LogP contribution in [0.15, 0.2) is 42.5 Å². The molecule has 0 radical (unpaired) electrons. The summed E-state index contributed by atoms with van der Waals surface area (Å²) in [4.78, 5) is 26.6. The van der Waals surface area contributed by atoms with Crippen molar-refractivity contribution >= 4 is 34.8 Å². The van der Waals surface area contributed by atoms with Crippen LogP contribution in [0.2, 0.25) is 5.02 Å². The number of para-hydroxylation sites is 1. The molecule has 8 heteroatoms. The average molecular weight is 411 g/mol. The van der Waals surface area contributed by atoms with Gasteiger partial charge < -0.3 is 10.2 Å². The second-order valence-corrected chi connectivity index (χ2v) is 6.98. The van der Waals surface area contributed by atoms with Gasteiger partial charge in [0.2, 0.25) is 11.8 Å². The van der Waals surface area contributed by atoms with E-state index < -0.39 is 23.6 Å². The molecule has 28 heavy (non-hydrogen) atoms. The number of hydrogen-bond acceptors (Lipinski definition) is 2. The van der Waals surface area contributed by atoms with Crippen LogP contribution >= 0.6 is 11.6 Å². The molecule has 4 nitrogen and oxygen atoms in total. The molecule has 0 aromatic heterocycles. The third kappa shape index (κ3) is 4.14. The Hall–Kier alpha value is -2.54. The number of rotatable bonds is 4. The predicted octanol–water partition coefficient (Wildman–Crippen LogP) is 4.91. The summed E-state index contributed by atoms with van der Waals surface area (Å²) >= 11 is 5.93. The maximum absolute atomic E-state index is 12.9. The fourth-order valence-electron chi connectivity index (χ4n) is 3.22. The van der Waals surface area contributed by atoms with Crippen LogP contribution < -0.4 is 10.2 Å². The molecule has 0 saturated carbocycles. The van der Waals surface area contributed by atoms with Crippen LogP contribution in [-0.2, 0) is 22.2 Å². The summed E-state index contributed by atoms with van der Waals surface area (Å²) in [6, 6.07) is 10.2. The van der Waals surface area contributed by atoms with Crippen LogP contribution in [0.4, 0.5) is 24.5 Å². The first-order valence-electron chi connectivity index (χ1n) is 8.76. The molecular formula is C20H18ClF3N2O2. The van der Waals surface area contributed by atoms with Gasteiger partial charge in [-0.2, -0.15) is 13.2 Å². The summed E-state index contributed by atoms with van der Waals surface area (Å²) in [6.45, 7) is 2.14. The van der Waals surface area contributed by atoms with Crippen molar-refractivity contribution in [3.8, 4) is 0 Å². The number of aryl methyl sites for hydroxylation is 1. The molecule has 3 rings (SSSR count). The standard InChI is InChI=1S/C20H18ClF3N2O2/c1-2-12-5-3-4-6-17(12)26-11-13(9-18(26)27)19(28)25-16-10-14(20(22,23)24)7-8-15(16)21/h3-8,10,13H,2,9,11H2,1H3,(H,25,28)/t13-/m0/s1. The monoisotopic (exact) mass is 410 g/mol. The predicted molar refractivity (Wildman–Crippen MR) is 101 cm³/mol. The number of alkyl halides is 3. The zero-order chi connectivity index (χ0) is 20.5. The van der Waals surface area contributed by atoms with Crippen molar-refractivity contribution < 1.29 is 22.8 Å². The Balaban J connectivity index is 1.77. The maximum atomic E-state index is 12.9. The highest BCUT2D eigenvalue weighted by molar-refractivity contribution is 6.33. The van der Waals surface area contributed by atoms with Crippen molar-refractivity contribution in [1.29, 1.82) is 0 Å². The van der Waals surface area contributed by atoms with Gasteiger partial charge in [-0.05, 0) is 36.2 Å². The van der Waals surface area contributed by atoms with Gasteiger partial charge in [-0.1, -0.05) is 36.7 Å². The molecule has 1 saturated heterocycles. The number of nitrogens with one attached hydrogen (secondary N) is 1. The molecule has 0 spiro atoms. The third-order valence-corrected chi connectivity index (χ3v) is 5.04. The second-order valence-electron chi connectivity index (χ2n) is 6.57. The quantitative estimate of drug-likeness (QED) is 0.778. The molecule has 1 N–H and O–H groups in total. The summed E-state index contributed by atoms with van der Waals surface area (Å²) in [5.41, 5.74) is 0.703. The first kappa shape index (κ1) is 20.2. The van der Waals surface area contributed by atoms with Gasteiger partial charge in [-0.25, -0.2) is 0 Å². The molecule has 0 unspecified atom stereocenters. The Morgan fingerprint density at radius 3 is 2.64 bits per heavy atom. The minimum atomic E-state index is -4.55. The third-order valence-electron chi connectivity index (χ3n) is 4.71. The Morgan fingerprint density at radius 1 is 1.25 bits per heavy atom. The molecule has 2 aromatic carbocycles. The van der Waals surface area contributed by atoms with Crippen LogP contribution in [-0.4, -0.2) is 18.4 Å². The minimum Gasteiger partial charge on any atom is -0.324 e. The van der Waals surface area contributed by atoms with E-state index in [1.807, 2.05) is 31.2 Å². The number of benzene rings is 2. The SMILES string of the molecule is CCc1ccccc1N1C[C@@H](C(=O)Nc2cc(C(F)(F)F)ccc2Cl)CC1=O. The van der Waals surface area contributed by atoms with Crippen LogP contribution in [0.3, 0.4) is 0 Å². The Kier molecular flexibility index (Phi) is 5.65. The first-order chi connectivity index (χ1) is 13.2. The normalized spacial score (nSPS) is 17.1. The Labute approximate surface area is 165 Å². The summed E-state index contributed by atoms with van der Waals surface area (Å²) in [6.07, 6.45) is -3.83. The topological polar surface area (TPSA) is 49.4 Å². The van der Waals surface area contributed by atoms with Crippen molar-refractivity contribution in [2.45, 2.75) is 25.9 Å². The minimum absolute atomic E-state index is 0.00106. The van der Waals surface area contributed by atoms with Gasteiger partial charge in [0, 0.05) is 18.7 Å². The van der Waals surface area contributed by atoms with E-state index in [1.165, 1.54) is 0 Å². The molecule has 1 aliphatic heterocycles. The zero-order valence-electron chi connectivity index (χ0n) is 15.0. The highest BCUT2D eigenvalue weighted by Gasteiger charge is 2.36. The smallest absolute Gasteiger partial charge is 0.324 e. The lowest BCUT2D eigenvalue weighted by molar-refractivity contribution is -0.137. The first-order valence-corrected chi connectivity index (χ1v) is 9.14. The molecular weight excluding hydrogens is 393 g/mol. The largest absolute Gasteiger partial charge is 0.416 e. The molecule has 0 bridgehead atoms. The van der Waals surface area contributed by atoms with Crippen LogP contribution in [0.1, 0.15) is 24.5 Å². The van der Waals surface area contributed by atoms with E-state index in [9.17, 15) is 22.8 Å². The fourth-order valence-corrected chi connectivity index (χ4v) is 3.39. The molecule has 148 valence electrons. The number of anilines is 2. The van der Waals surface area contributed by atoms with Gasteiger partial charge >= 0.3 is 6.18 Å². The average Bonchev–Trinajstić information content (AvgIpc) is 3.04. The van der Waals surface area contributed by atoms with Crippen LogP contribution in [0, 0.1) is 5.92 Å². The van der Waals surface area contributed by atoms with Gasteiger partial charge in [0.05, 0.1) is 22.2 Å². The second kappa shape index (κ2) is 7.83. The zero-order valence-corrected chi connectivity index (χ0v) is 15.8. The number of carbonyl (C=O) groups excluding carboxylic acids is 2. The van der Waals surface area contributed by atoms with Crippen molar-refractivity contribution in [3.05, 3.63) is 58.6 Å². The number of hydrogen-bond donors (Lipinski definition) is 1. The fraction of sp³-hybridized carbons (Fsp3) is 0.300. The van der Waals surface area contributed by atoms with E-state index in [2.05, 4.69) is 5.32 Å². The number of carbonyl (C=O) groups is 2. The number of amides is 2. The van der Waals surface area contributed by atoms with E-state index in [4.69, 9.17) is 11.6 Å². The summed E-state index contributed by atoms with van der Waals surface area (Å²) in [5, 5.41) is 2.43. The highest BCUT2D eigenvalue weighted by Crippen LogP contribution is 2.35. The lowest BCUT2D eigenvalue weighted by atomic mass is 10.1. The number of halogens is 4. The van der Waals surface area contributed by atoms with Crippen molar-refractivity contribution in [2.24, 2.45) is 5.92 Å². The molecule has 2 aromatic rings. The van der Waals surface area contributed by atoms with E-state index in [1.54, 1.807) is 4.90 Å². The Bertz CT molecular complexity index is 915. The van der Waals surface area contributed by atoms with Crippen LogP contribution in [0.25, 0.3) is 0 Å². The van der Waals surface area contributed by atoms with Gasteiger partial charge in [0.1, 0.15) is 0 Å². The lowest BCUT2D eigenvalue weighted by Gasteiger charge is -2.20. The van der Waals surface area contributed by atoms with Gasteiger partial charge in [0.25, 0.3) is 0 Å². The van der Waals surface area contributed by atoms with Crippen molar-refractivity contribution in [1.82, 2.24) is 0 Å². The lowest BCUT2D eigenvalue weighted by Crippen LogP contribution is -2.28. The van der Waals surface area contributed by atoms with Gasteiger partial charge in [0.15, 0.2) is 0 Å². The summed E-state index contributed by atoms with van der Waals surface area (Å²) < 4.78 is 38.7. The van der Waals surface area contributed by atoms with E-state index in [-0.39, 0.29) is 29.6 Å². The molecule has 0 aliphatic carbocycles. The van der Waals surface area contributed by atoms with Gasteiger partial charge in [-0.15, -0.1) is 0 Å². The highest BCUT2D eigenvalue weighted by atomic mass is 35.5. The molecule has 1 fully saturated rings. The van der Waals surface area contributed by atoms with Crippen molar-refractivity contribution in [2.75, 3.05) is 16.8 Å². The van der Waals surface area contributed by atoms with Crippen LogP contribution in [0.5, 0.6) is 0 Å². The number of nitrogens with zero attached hydrogens (tertiary/aromatic N) is 1. The maximum Gasteiger partial charge on any atom is 0.416 e. The molecule has 1 atom stereocenters. The molecule has 2 amide bonds.